The molecule has 0 spiro atoms. The van der Waals surface area contributed by atoms with Gasteiger partial charge in [-0.05, 0) is 36.6 Å². The number of methoxy groups -OCH3 is 1. The SMILES string of the molecule is COC(=O)C1CCCN(c2nc(-c3cccs3)c(CC(C)C)s2)C1. The van der Waals surface area contributed by atoms with E-state index in [1.165, 1.54) is 16.9 Å². The summed E-state index contributed by atoms with van der Waals surface area (Å²) in [7, 11) is 1.47. The second-order valence-corrected chi connectivity index (χ2v) is 8.66. The molecule has 4 nitrogen and oxygen atoms in total. The van der Waals surface area contributed by atoms with Crippen LogP contribution in [0.4, 0.5) is 5.13 Å². The van der Waals surface area contributed by atoms with Gasteiger partial charge in [0.05, 0.1) is 23.6 Å². The van der Waals surface area contributed by atoms with E-state index in [1.807, 2.05) is 0 Å². The van der Waals surface area contributed by atoms with Crippen molar-refractivity contribution in [3.05, 3.63) is 22.4 Å². The zero-order valence-corrected chi connectivity index (χ0v) is 16.1. The van der Waals surface area contributed by atoms with E-state index < -0.39 is 0 Å². The molecule has 0 aromatic carbocycles. The minimum Gasteiger partial charge on any atom is -0.469 e. The van der Waals surface area contributed by atoms with Crippen molar-refractivity contribution in [2.45, 2.75) is 33.1 Å². The van der Waals surface area contributed by atoms with E-state index >= 15 is 0 Å². The Labute approximate surface area is 151 Å². The highest BCUT2D eigenvalue weighted by Crippen LogP contribution is 2.38. The van der Waals surface area contributed by atoms with Crippen molar-refractivity contribution in [1.29, 1.82) is 0 Å². The number of carbonyl (C=O) groups is 1. The fourth-order valence-electron chi connectivity index (χ4n) is 3.10. The van der Waals surface area contributed by atoms with Crippen molar-refractivity contribution in [3.8, 4) is 10.6 Å². The largest absolute Gasteiger partial charge is 0.469 e. The summed E-state index contributed by atoms with van der Waals surface area (Å²) in [5.74, 6) is 0.463. The van der Waals surface area contributed by atoms with Gasteiger partial charge in [0.2, 0.25) is 0 Å². The lowest BCUT2D eigenvalue weighted by atomic mass is 9.99. The van der Waals surface area contributed by atoms with Crippen LogP contribution in [0.5, 0.6) is 0 Å². The van der Waals surface area contributed by atoms with Gasteiger partial charge >= 0.3 is 5.97 Å². The molecule has 2 aromatic heterocycles. The number of ether oxygens (including phenoxy) is 1. The van der Waals surface area contributed by atoms with Crippen molar-refractivity contribution >= 4 is 33.8 Å². The quantitative estimate of drug-likeness (QED) is 0.735. The normalized spacial score (nSPS) is 18.2. The number of thiophene rings is 1. The summed E-state index contributed by atoms with van der Waals surface area (Å²) in [5.41, 5.74) is 1.12. The van der Waals surface area contributed by atoms with Crippen LogP contribution < -0.4 is 4.90 Å². The van der Waals surface area contributed by atoms with E-state index in [0.29, 0.717) is 12.5 Å². The Morgan fingerprint density at radius 3 is 3.00 bits per heavy atom. The molecule has 0 saturated carbocycles. The molecule has 0 radical (unpaired) electrons. The zero-order valence-electron chi connectivity index (χ0n) is 14.4. The molecule has 130 valence electrons. The van der Waals surface area contributed by atoms with E-state index in [1.54, 1.807) is 22.7 Å². The van der Waals surface area contributed by atoms with Gasteiger partial charge in [-0.25, -0.2) is 4.98 Å². The number of anilines is 1. The van der Waals surface area contributed by atoms with Gasteiger partial charge in [-0.15, -0.1) is 22.7 Å². The van der Waals surface area contributed by atoms with E-state index in [2.05, 4.69) is 36.3 Å². The molecular formula is C18H24N2O2S2. The maximum Gasteiger partial charge on any atom is 0.310 e. The molecule has 1 atom stereocenters. The highest BCUT2D eigenvalue weighted by atomic mass is 32.1. The van der Waals surface area contributed by atoms with Crippen LogP contribution in [0.2, 0.25) is 0 Å². The van der Waals surface area contributed by atoms with Crippen molar-refractivity contribution in [2.75, 3.05) is 25.1 Å². The lowest BCUT2D eigenvalue weighted by Crippen LogP contribution is -2.39. The van der Waals surface area contributed by atoms with Gasteiger partial charge in [0.15, 0.2) is 5.13 Å². The lowest BCUT2D eigenvalue weighted by molar-refractivity contribution is -0.145. The molecular weight excluding hydrogens is 340 g/mol. The Bertz CT molecular complexity index is 679. The summed E-state index contributed by atoms with van der Waals surface area (Å²) in [4.78, 5) is 21.7. The Hall–Kier alpha value is -1.40. The lowest BCUT2D eigenvalue weighted by Gasteiger charge is -2.30. The number of thiazole rings is 1. The Morgan fingerprint density at radius 2 is 2.33 bits per heavy atom. The summed E-state index contributed by atoms with van der Waals surface area (Å²) in [6, 6.07) is 4.22. The maximum absolute atomic E-state index is 11.9. The fourth-order valence-corrected chi connectivity index (χ4v) is 5.23. The number of rotatable bonds is 5. The minimum absolute atomic E-state index is 0.0358. The van der Waals surface area contributed by atoms with Crippen LogP contribution in [0.15, 0.2) is 17.5 Å². The third kappa shape index (κ3) is 3.81. The van der Waals surface area contributed by atoms with Gasteiger partial charge in [0.1, 0.15) is 0 Å². The summed E-state index contributed by atoms with van der Waals surface area (Å²) in [5, 5.41) is 3.14. The predicted molar refractivity (Wildman–Crippen MR) is 101 cm³/mol. The van der Waals surface area contributed by atoms with Crippen LogP contribution in [0.25, 0.3) is 10.6 Å². The van der Waals surface area contributed by atoms with Crippen LogP contribution in [0, 0.1) is 11.8 Å². The first-order chi connectivity index (χ1) is 11.6. The molecule has 3 heterocycles. The molecule has 0 amide bonds. The van der Waals surface area contributed by atoms with Gasteiger partial charge < -0.3 is 9.64 Å². The van der Waals surface area contributed by atoms with Crippen LogP contribution in [0.1, 0.15) is 31.6 Å². The minimum atomic E-state index is -0.0999. The number of nitrogens with zero attached hydrogens (tertiary/aromatic N) is 2. The number of hydrogen-bond acceptors (Lipinski definition) is 6. The van der Waals surface area contributed by atoms with Crippen molar-refractivity contribution in [2.24, 2.45) is 11.8 Å². The van der Waals surface area contributed by atoms with Crippen LogP contribution >= 0.6 is 22.7 Å². The van der Waals surface area contributed by atoms with Crippen molar-refractivity contribution in [3.63, 3.8) is 0 Å². The van der Waals surface area contributed by atoms with Crippen molar-refractivity contribution < 1.29 is 9.53 Å². The molecule has 1 saturated heterocycles. The van der Waals surface area contributed by atoms with E-state index in [0.717, 1.165) is 36.6 Å². The van der Waals surface area contributed by atoms with Gasteiger partial charge in [0, 0.05) is 18.0 Å². The monoisotopic (exact) mass is 364 g/mol. The first-order valence-electron chi connectivity index (χ1n) is 8.44. The molecule has 0 N–H and O–H groups in total. The first kappa shape index (κ1) is 17.4. The Kier molecular flexibility index (Phi) is 5.56. The molecule has 2 aromatic rings. The third-order valence-electron chi connectivity index (χ3n) is 4.26. The average molecular weight is 365 g/mol. The molecule has 1 aliphatic rings. The summed E-state index contributed by atoms with van der Waals surface area (Å²) in [6.45, 7) is 6.16. The van der Waals surface area contributed by atoms with Gasteiger partial charge in [-0.3, -0.25) is 4.79 Å². The molecule has 1 aliphatic heterocycles. The van der Waals surface area contributed by atoms with Gasteiger partial charge in [0.25, 0.3) is 0 Å². The summed E-state index contributed by atoms with van der Waals surface area (Å²) < 4.78 is 4.93. The van der Waals surface area contributed by atoms with Crippen molar-refractivity contribution in [1.82, 2.24) is 4.98 Å². The van der Waals surface area contributed by atoms with E-state index in [-0.39, 0.29) is 11.9 Å². The average Bonchev–Trinajstić information content (AvgIpc) is 3.23. The number of carbonyl (C=O) groups excluding carboxylic acids is 1. The van der Waals surface area contributed by atoms with Crippen LogP contribution in [-0.4, -0.2) is 31.2 Å². The van der Waals surface area contributed by atoms with E-state index in [9.17, 15) is 4.79 Å². The number of esters is 1. The molecule has 0 bridgehead atoms. The third-order valence-corrected chi connectivity index (χ3v) is 6.28. The Morgan fingerprint density at radius 1 is 1.50 bits per heavy atom. The standard InChI is InChI=1S/C18H24N2O2S2/c1-12(2)10-15-16(14-7-5-9-23-14)19-18(24-15)20-8-4-6-13(11-20)17(21)22-3/h5,7,9,12-13H,4,6,8,10-11H2,1-3H3. The smallest absolute Gasteiger partial charge is 0.310 e. The zero-order chi connectivity index (χ0) is 17.1. The fraction of sp³-hybridized carbons (Fsp3) is 0.556. The second kappa shape index (κ2) is 7.66. The molecule has 3 rings (SSSR count). The number of piperidine rings is 1. The summed E-state index contributed by atoms with van der Waals surface area (Å²) >= 11 is 3.52. The highest BCUT2D eigenvalue weighted by Gasteiger charge is 2.29. The highest BCUT2D eigenvalue weighted by molar-refractivity contribution is 7.17. The summed E-state index contributed by atoms with van der Waals surface area (Å²) in [6.07, 6.45) is 2.96. The predicted octanol–water partition coefficient (Wildman–Crippen LogP) is 4.46. The molecule has 1 unspecified atom stereocenters. The van der Waals surface area contributed by atoms with Gasteiger partial charge in [-0.2, -0.15) is 0 Å². The molecule has 0 aliphatic carbocycles. The Balaban J connectivity index is 1.86. The first-order valence-corrected chi connectivity index (χ1v) is 10.1. The van der Waals surface area contributed by atoms with E-state index in [4.69, 9.17) is 9.72 Å². The molecule has 1 fully saturated rings. The number of aromatic nitrogens is 1. The maximum atomic E-state index is 11.9. The topological polar surface area (TPSA) is 42.4 Å². The van der Waals surface area contributed by atoms with Gasteiger partial charge in [-0.1, -0.05) is 19.9 Å². The number of hydrogen-bond donors (Lipinski definition) is 0. The molecule has 24 heavy (non-hydrogen) atoms. The van der Waals surface area contributed by atoms with Crippen LogP contribution in [-0.2, 0) is 16.0 Å². The molecule has 6 heteroatoms. The van der Waals surface area contributed by atoms with Crippen LogP contribution in [0.3, 0.4) is 0 Å². The second-order valence-electron chi connectivity index (χ2n) is 6.65.